The summed E-state index contributed by atoms with van der Waals surface area (Å²) in [5, 5.41) is 2.69. The Morgan fingerprint density at radius 1 is 1.67 bits per heavy atom. The van der Waals surface area contributed by atoms with Crippen LogP contribution in [0.2, 0.25) is 0 Å². The first-order valence-corrected chi connectivity index (χ1v) is 6.41. The van der Waals surface area contributed by atoms with Gasteiger partial charge in [-0.05, 0) is 34.5 Å². The first-order chi connectivity index (χ1) is 7.22. The molecule has 1 amide bonds. The highest BCUT2D eigenvalue weighted by atomic mass is 79.9. The lowest BCUT2D eigenvalue weighted by Crippen LogP contribution is -2.28. The van der Waals surface area contributed by atoms with Gasteiger partial charge in [0, 0.05) is 18.5 Å². The van der Waals surface area contributed by atoms with E-state index in [4.69, 9.17) is 4.74 Å². The number of halogens is 1. The second kappa shape index (κ2) is 4.63. The topological polar surface area (TPSA) is 38.3 Å². The van der Waals surface area contributed by atoms with Crippen molar-refractivity contribution in [1.29, 1.82) is 0 Å². The molecule has 2 heterocycles. The molecule has 0 saturated carbocycles. The van der Waals surface area contributed by atoms with E-state index in [1.54, 1.807) is 18.4 Å². The Balaban J connectivity index is 2.18. The van der Waals surface area contributed by atoms with Crippen molar-refractivity contribution < 1.29 is 9.53 Å². The molecule has 0 radical (unpaired) electrons. The molecule has 2 atom stereocenters. The van der Waals surface area contributed by atoms with Gasteiger partial charge in [-0.15, -0.1) is 11.3 Å². The second-order valence-corrected chi connectivity index (χ2v) is 5.94. The number of carbonyl (C=O) groups is 1. The van der Waals surface area contributed by atoms with Crippen LogP contribution in [0.15, 0.2) is 15.9 Å². The summed E-state index contributed by atoms with van der Waals surface area (Å²) >= 11 is 5.04. The van der Waals surface area contributed by atoms with Gasteiger partial charge in [-0.1, -0.05) is 0 Å². The van der Waals surface area contributed by atoms with Crippen molar-refractivity contribution in [3.63, 3.8) is 0 Å². The van der Waals surface area contributed by atoms with Crippen molar-refractivity contribution in [2.24, 2.45) is 5.92 Å². The number of rotatable bonds is 2. The van der Waals surface area contributed by atoms with E-state index < -0.39 is 0 Å². The number of hydrogen-bond donors (Lipinski definition) is 1. The molecule has 1 fully saturated rings. The zero-order valence-corrected chi connectivity index (χ0v) is 10.7. The molecule has 0 spiro atoms. The van der Waals surface area contributed by atoms with Gasteiger partial charge >= 0.3 is 0 Å². The van der Waals surface area contributed by atoms with Gasteiger partial charge < -0.3 is 10.1 Å². The Morgan fingerprint density at radius 3 is 3.07 bits per heavy atom. The number of thiophene rings is 1. The predicted octanol–water partition coefficient (Wildman–Crippen LogP) is 2.33. The average molecular weight is 290 g/mol. The van der Waals surface area contributed by atoms with Gasteiger partial charge in [0.2, 0.25) is 5.91 Å². The Bertz CT molecular complexity index is 366. The summed E-state index contributed by atoms with van der Waals surface area (Å²) < 4.78 is 6.69. The zero-order valence-electron chi connectivity index (χ0n) is 8.33. The molecule has 1 N–H and O–H groups in total. The lowest BCUT2D eigenvalue weighted by Gasteiger charge is -2.15. The molecule has 0 unspecified atom stereocenters. The lowest BCUT2D eigenvalue weighted by atomic mass is 9.99. The van der Waals surface area contributed by atoms with E-state index in [-0.39, 0.29) is 17.9 Å². The number of hydrogen-bond acceptors (Lipinski definition) is 3. The fourth-order valence-corrected chi connectivity index (χ4v) is 3.34. The minimum absolute atomic E-state index is 0.0412. The SMILES string of the molecule is CNC(=O)[C@@H]1CCO[C@H]1c1ccc(Br)s1. The predicted molar refractivity (Wildman–Crippen MR) is 62.9 cm³/mol. The van der Waals surface area contributed by atoms with Crippen LogP contribution in [0.25, 0.3) is 0 Å². The minimum Gasteiger partial charge on any atom is -0.372 e. The highest BCUT2D eigenvalue weighted by Gasteiger charge is 2.35. The van der Waals surface area contributed by atoms with E-state index in [9.17, 15) is 4.79 Å². The number of amides is 1. The zero-order chi connectivity index (χ0) is 10.8. The highest BCUT2D eigenvalue weighted by Crippen LogP contribution is 2.39. The molecule has 5 heteroatoms. The fraction of sp³-hybridized carbons (Fsp3) is 0.500. The van der Waals surface area contributed by atoms with Gasteiger partial charge in [-0.25, -0.2) is 0 Å². The van der Waals surface area contributed by atoms with Crippen molar-refractivity contribution in [1.82, 2.24) is 5.32 Å². The van der Waals surface area contributed by atoms with E-state index in [1.165, 1.54) is 0 Å². The lowest BCUT2D eigenvalue weighted by molar-refractivity contribution is -0.126. The Labute approximate surface area is 101 Å². The van der Waals surface area contributed by atoms with Crippen molar-refractivity contribution in [3.8, 4) is 0 Å². The molecule has 0 aromatic carbocycles. The molecule has 82 valence electrons. The van der Waals surface area contributed by atoms with E-state index in [2.05, 4.69) is 21.2 Å². The first-order valence-electron chi connectivity index (χ1n) is 4.81. The maximum Gasteiger partial charge on any atom is 0.225 e. The maximum atomic E-state index is 11.6. The molecule has 1 aromatic heterocycles. The maximum absolute atomic E-state index is 11.6. The Hall–Kier alpha value is -0.390. The summed E-state index contributed by atoms with van der Waals surface area (Å²) in [6.07, 6.45) is 0.737. The van der Waals surface area contributed by atoms with Crippen molar-refractivity contribution >= 4 is 33.2 Å². The summed E-state index contributed by atoms with van der Waals surface area (Å²) in [7, 11) is 1.67. The van der Waals surface area contributed by atoms with Crippen molar-refractivity contribution in [2.45, 2.75) is 12.5 Å². The van der Waals surface area contributed by atoms with Crippen LogP contribution in [0.1, 0.15) is 17.4 Å². The summed E-state index contributed by atoms with van der Waals surface area (Å²) in [6, 6.07) is 4.00. The third kappa shape index (κ3) is 2.24. The van der Waals surface area contributed by atoms with Gasteiger partial charge in [0.05, 0.1) is 9.70 Å². The third-order valence-electron chi connectivity index (χ3n) is 2.55. The Kier molecular flexibility index (Phi) is 3.43. The molecule has 1 aliphatic rings. The Morgan fingerprint density at radius 2 is 2.47 bits per heavy atom. The molecule has 1 aliphatic heterocycles. The fourth-order valence-electron chi connectivity index (χ4n) is 1.81. The smallest absolute Gasteiger partial charge is 0.225 e. The summed E-state index contributed by atoms with van der Waals surface area (Å²) in [4.78, 5) is 12.7. The molecule has 0 bridgehead atoms. The van der Waals surface area contributed by atoms with Crippen molar-refractivity contribution in [3.05, 3.63) is 20.8 Å². The molecular weight excluding hydrogens is 278 g/mol. The van der Waals surface area contributed by atoms with Crippen LogP contribution in [-0.4, -0.2) is 19.6 Å². The quantitative estimate of drug-likeness (QED) is 0.908. The van der Waals surface area contributed by atoms with Gasteiger partial charge in [0.25, 0.3) is 0 Å². The van der Waals surface area contributed by atoms with Gasteiger partial charge in [0.1, 0.15) is 6.10 Å². The molecule has 1 aromatic rings. The molecular formula is C10H12BrNO2S. The van der Waals surface area contributed by atoms with Crippen LogP contribution < -0.4 is 5.32 Å². The van der Waals surface area contributed by atoms with Gasteiger partial charge in [-0.3, -0.25) is 4.79 Å². The molecule has 2 rings (SSSR count). The highest BCUT2D eigenvalue weighted by molar-refractivity contribution is 9.11. The van der Waals surface area contributed by atoms with E-state index in [0.29, 0.717) is 6.61 Å². The van der Waals surface area contributed by atoms with E-state index >= 15 is 0 Å². The van der Waals surface area contributed by atoms with Crippen LogP contribution in [0, 0.1) is 5.92 Å². The molecule has 15 heavy (non-hydrogen) atoms. The van der Waals surface area contributed by atoms with E-state index in [0.717, 1.165) is 15.1 Å². The largest absolute Gasteiger partial charge is 0.372 e. The number of nitrogens with one attached hydrogen (secondary N) is 1. The monoisotopic (exact) mass is 289 g/mol. The molecule has 1 saturated heterocycles. The van der Waals surface area contributed by atoms with Crippen LogP contribution >= 0.6 is 27.3 Å². The first kappa shape index (κ1) is 11.1. The van der Waals surface area contributed by atoms with Crippen LogP contribution in [0.3, 0.4) is 0 Å². The van der Waals surface area contributed by atoms with Crippen LogP contribution in [-0.2, 0) is 9.53 Å². The number of ether oxygens (including phenoxy) is 1. The molecule has 0 aliphatic carbocycles. The standard InChI is InChI=1S/C10H12BrNO2S/c1-12-10(13)6-4-5-14-9(6)7-2-3-8(11)15-7/h2-3,6,9H,4-5H2,1H3,(H,12,13)/t6-,9-/m1/s1. The average Bonchev–Trinajstić information content (AvgIpc) is 2.84. The van der Waals surface area contributed by atoms with Crippen LogP contribution in [0.4, 0.5) is 0 Å². The second-order valence-electron chi connectivity index (χ2n) is 3.44. The number of carbonyl (C=O) groups excluding carboxylic acids is 1. The van der Waals surface area contributed by atoms with Gasteiger partial charge in [-0.2, -0.15) is 0 Å². The minimum atomic E-state index is -0.0683. The molecule has 3 nitrogen and oxygen atoms in total. The van der Waals surface area contributed by atoms with Crippen LogP contribution in [0.5, 0.6) is 0 Å². The summed E-state index contributed by atoms with van der Waals surface area (Å²) in [6.45, 7) is 0.665. The third-order valence-corrected chi connectivity index (χ3v) is 4.23. The van der Waals surface area contributed by atoms with E-state index in [1.807, 2.05) is 12.1 Å². The van der Waals surface area contributed by atoms with Crippen molar-refractivity contribution in [2.75, 3.05) is 13.7 Å². The van der Waals surface area contributed by atoms with Gasteiger partial charge in [0.15, 0.2) is 0 Å². The summed E-state index contributed by atoms with van der Waals surface area (Å²) in [5.74, 6) is 0.0302. The summed E-state index contributed by atoms with van der Waals surface area (Å²) in [5.41, 5.74) is 0. The normalized spacial score (nSPS) is 25.5.